The minimum atomic E-state index is -0.445. The summed E-state index contributed by atoms with van der Waals surface area (Å²) in [5, 5.41) is 2.67. The van der Waals surface area contributed by atoms with E-state index in [2.05, 4.69) is 15.3 Å². The van der Waals surface area contributed by atoms with Crippen LogP contribution in [0.1, 0.15) is 31.2 Å². The molecule has 1 aromatic heterocycles. The molecule has 114 valence electrons. The summed E-state index contributed by atoms with van der Waals surface area (Å²) in [6.45, 7) is 3.20. The topological polar surface area (TPSA) is 81.2 Å². The molecule has 22 heavy (non-hydrogen) atoms. The van der Waals surface area contributed by atoms with E-state index in [0.29, 0.717) is 11.4 Å². The van der Waals surface area contributed by atoms with Crippen LogP contribution < -0.4 is 5.32 Å². The van der Waals surface area contributed by atoms with Crippen LogP contribution in [0.4, 0.5) is 5.69 Å². The van der Waals surface area contributed by atoms with Crippen molar-refractivity contribution in [3.63, 3.8) is 0 Å². The molecular weight excluding hydrogens is 282 g/mol. The second kappa shape index (κ2) is 7.31. The lowest BCUT2D eigenvalue weighted by Gasteiger charge is -2.12. The predicted molar refractivity (Wildman–Crippen MR) is 81.0 cm³/mol. The summed E-state index contributed by atoms with van der Waals surface area (Å²) < 4.78 is 5.32. The quantitative estimate of drug-likeness (QED) is 0.857. The Morgan fingerprint density at radius 2 is 1.95 bits per heavy atom. The summed E-state index contributed by atoms with van der Waals surface area (Å²) in [5.41, 5.74) is 2.11. The average Bonchev–Trinajstić information content (AvgIpc) is 2.49. The van der Waals surface area contributed by atoms with Gasteiger partial charge in [-0.1, -0.05) is 12.1 Å². The van der Waals surface area contributed by atoms with E-state index in [4.69, 9.17) is 4.74 Å². The number of anilines is 1. The van der Waals surface area contributed by atoms with Crippen LogP contribution in [0.3, 0.4) is 0 Å². The lowest BCUT2D eigenvalue weighted by atomic mass is 10.1. The van der Waals surface area contributed by atoms with Crippen molar-refractivity contribution in [2.45, 2.75) is 26.4 Å². The van der Waals surface area contributed by atoms with Crippen LogP contribution in [-0.4, -0.2) is 21.8 Å². The predicted octanol–water partition coefficient (Wildman–Crippen LogP) is 2.28. The molecule has 0 fully saturated rings. The summed E-state index contributed by atoms with van der Waals surface area (Å²) in [5.74, 6) is -0.476. The standard InChI is InChI=1S/C16H17N3O3/c1-11(15-10-17-7-8-18-15)22-16(21)9-13-3-5-14(6-4-13)19-12(2)20/h3-8,10-11H,9H2,1-2H3,(H,19,20). The number of aromatic nitrogens is 2. The minimum absolute atomic E-state index is 0.134. The summed E-state index contributed by atoms with van der Waals surface area (Å²) in [7, 11) is 0. The third-order valence-corrected chi connectivity index (χ3v) is 2.93. The van der Waals surface area contributed by atoms with Crippen LogP contribution in [0.2, 0.25) is 0 Å². The SMILES string of the molecule is CC(=O)Nc1ccc(CC(=O)OC(C)c2cnccn2)cc1. The molecule has 0 bridgehead atoms. The number of rotatable bonds is 5. The normalized spacial score (nSPS) is 11.5. The van der Waals surface area contributed by atoms with E-state index < -0.39 is 6.10 Å². The van der Waals surface area contributed by atoms with E-state index in [1.165, 1.54) is 6.92 Å². The van der Waals surface area contributed by atoms with Crippen LogP contribution in [0, 0.1) is 0 Å². The van der Waals surface area contributed by atoms with Crippen LogP contribution in [0.25, 0.3) is 0 Å². The molecule has 1 unspecified atom stereocenters. The Hall–Kier alpha value is -2.76. The molecule has 0 saturated carbocycles. The molecule has 0 spiro atoms. The molecule has 2 rings (SSSR count). The lowest BCUT2D eigenvalue weighted by Crippen LogP contribution is -2.12. The highest BCUT2D eigenvalue weighted by Crippen LogP contribution is 2.15. The van der Waals surface area contributed by atoms with Crippen LogP contribution in [0.5, 0.6) is 0 Å². The molecule has 6 nitrogen and oxygen atoms in total. The Kier molecular flexibility index (Phi) is 5.19. The van der Waals surface area contributed by atoms with Crippen LogP contribution in [0.15, 0.2) is 42.9 Å². The van der Waals surface area contributed by atoms with Gasteiger partial charge in [-0.25, -0.2) is 0 Å². The Balaban J connectivity index is 1.90. The largest absolute Gasteiger partial charge is 0.456 e. The smallest absolute Gasteiger partial charge is 0.310 e. The molecule has 0 aliphatic heterocycles. The molecule has 1 atom stereocenters. The maximum atomic E-state index is 11.9. The lowest BCUT2D eigenvalue weighted by molar-refractivity contribution is -0.147. The molecule has 1 heterocycles. The van der Waals surface area contributed by atoms with Gasteiger partial charge in [-0.3, -0.25) is 19.6 Å². The maximum absolute atomic E-state index is 11.9. The van der Waals surface area contributed by atoms with Crippen molar-refractivity contribution in [3.8, 4) is 0 Å². The highest BCUT2D eigenvalue weighted by molar-refractivity contribution is 5.88. The number of nitrogens with zero attached hydrogens (tertiary/aromatic N) is 2. The van der Waals surface area contributed by atoms with Crippen molar-refractivity contribution >= 4 is 17.6 Å². The zero-order chi connectivity index (χ0) is 15.9. The van der Waals surface area contributed by atoms with Crippen LogP contribution in [-0.2, 0) is 20.7 Å². The summed E-state index contributed by atoms with van der Waals surface area (Å²) >= 11 is 0. The van der Waals surface area contributed by atoms with Crippen molar-refractivity contribution < 1.29 is 14.3 Å². The molecule has 0 aliphatic carbocycles. The molecule has 0 saturated heterocycles. The number of benzene rings is 1. The number of hydrogen-bond acceptors (Lipinski definition) is 5. The van der Waals surface area contributed by atoms with Gasteiger partial charge >= 0.3 is 5.97 Å². The van der Waals surface area contributed by atoms with Crippen molar-refractivity contribution in [1.29, 1.82) is 0 Å². The van der Waals surface area contributed by atoms with E-state index in [1.54, 1.807) is 49.8 Å². The number of nitrogens with one attached hydrogen (secondary N) is 1. The van der Waals surface area contributed by atoms with Gasteiger partial charge in [0.1, 0.15) is 6.10 Å². The van der Waals surface area contributed by atoms with Gasteiger partial charge in [0.15, 0.2) is 0 Å². The third kappa shape index (κ3) is 4.66. The van der Waals surface area contributed by atoms with Crippen molar-refractivity contribution in [2.24, 2.45) is 0 Å². The molecular formula is C16H17N3O3. The van der Waals surface area contributed by atoms with Crippen molar-refractivity contribution in [3.05, 3.63) is 54.1 Å². The van der Waals surface area contributed by atoms with Gasteiger partial charge in [0.25, 0.3) is 0 Å². The number of esters is 1. The number of ether oxygens (including phenoxy) is 1. The second-order valence-corrected chi connectivity index (χ2v) is 4.82. The monoisotopic (exact) mass is 299 g/mol. The van der Waals surface area contributed by atoms with Gasteiger partial charge in [0, 0.05) is 25.0 Å². The molecule has 1 aromatic carbocycles. The molecule has 2 aromatic rings. The fourth-order valence-electron chi connectivity index (χ4n) is 1.90. The molecule has 1 amide bonds. The van der Waals surface area contributed by atoms with Gasteiger partial charge < -0.3 is 10.1 Å². The zero-order valence-corrected chi connectivity index (χ0v) is 12.4. The minimum Gasteiger partial charge on any atom is -0.456 e. The highest BCUT2D eigenvalue weighted by Gasteiger charge is 2.13. The van der Waals surface area contributed by atoms with Crippen LogP contribution >= 0.6 is 0 Å². The number of hydrogen-bond donors (Lipinski definition) is 1. The molecule has 0 aliphatic rings. The van der Waals surface area contributed by atoms with Crippen molar-refractivity contribution in [1.82, 2.24) is 9.97 Å². The van der Waals surface area contributed by atoms with E-state index in [1.807, 2.05) is 0 Å². The Morgan fingerprint density at radius 3 is 2.55 bits per heavy atom. The van der Waals surface area contributed by atoms with Gasteiger partial charge in [0.2, 0.25) is 5.91 Å². The third-order valence-electron chi connectivity index (χ3n) is 2.93. The molecule has 0 radical (unpaired) electrons. The summed E-state index contributed by atoms with van der Waals surface area (Å²) in [4.78, 5) is 30.9. The number of carbonyl (C=O) groups excluding carboxylic acids is 2. The summed E-state index contributed by atoms with van der Waals surface area (Å²) in [6, 6.07) is 7.05. The van der Waals surface area contributed by atoms with Gasteiger partial charge in [-0.15, -0.1) is 0 Å². The van der Waals surface area contributed by atoms with Gasteiger partial charge in [-0.2, -0.15) is 0 Å². The first-order chi connectivity index (χ1) is 10.5. The fourth-order valence-corrected chi connectivity index (χ4v) is 1.90. The first-order valence-electron chi connectivity index (χ1n) is 6.86. The first-order valence-corrected chi connectivity index (χ1v) is 6.86. The van der Waals surface area contributed by atoms with E-state index in [-0.39, 0.29) is 18.3 Å². The van der Waals surface area contributed by atoms with E-state index >= 15 is 0 Å². The first kappa shape index (κ1) is 15.6. The Bertz CT molecular complexity index is 641. The van der Waals surface area contributed by atoms with Crippen molar-refractivity contribution in [2.75, 3.05) is 5.32 Å². The molecule has 6 heteroatoms. The fraction of sp³-hybridized carbons (Fsp3) is 0.250. The Morgan fingerprint density at radius 1 is 1.23 bits per heavy atom. The number of amides is 1. The van der Waals surface area contributed by atoms with E-state index in [0.717, 1.165) is 5.56 Å². The Labute approximate surface area is 128 Å². The zero-order valence-electron chi connectivity index (χ0n) is 12.4. The average molecular weight is 299 g/mol. The second-order valence-electron chi connectivity index (χ2n) is 4.82. The van der Waals surface area contributed by atoms with E-state index in [9.17, 15) is 9.59 Å². The molecule has 1 N–H and O–H groups in total. The summed E-state index contributed by atoms with van der Waals surface area (Å²) in [6.07, 6.45) is 4.40. The maximum Gasteiger partial charge on any atom is 0.310 e. The highest BCUT2D eigenvalue weighted by atomic mass is 16.5. The number of carbonyl (C=O) groups is 2. The van der Waals surface area contributed by atoms with Gasteiger partial charge in [-0.05, 0) is 24.6 Å². The van der Waals surface area contributed by atoms with Gasteiger partial charge in [0.05, 0.1) is 18.3 Å².